The lowest BCUT2D eigenvalue weighted by Gasteiger charge is -2.34. The van der Waals surface area contributed by atoms with E-state index in [1.165, 1.54) is 27.8 Å². The number of halogens is 4. The number of carbonyl (C=O) groups is 2. The fraction of sp³-hybridized carbons (Fsp3) is 0.308. The maximum atomic E-state index is 13.4. The summed E-state index contributed by atoms with van der Waals surface area (Å²) < 4.78 is 0. The van der Waals surface area contributed by atoms with Gasteiger partial charge in [-0.1, -0.05) is 71.8 Å². The van der Waals surface area contributed by atoms with E-state index in [1.807, 2.05) is 48.7 Å². The number of likely N-dealkylation sites (tertiary alicyclic amines) is 1. The molecular formula is C39H44Cl4N4O4. The number of aryl methyl sites for hydroxylation is 2. The average molecular weight is 775 g/mol. The summed E-state index contributed by atoms with van der Waals surface area (Å²) in [6.45, 7) is 1.99. The zero-order valence-electron chi connectivity index (χ0n) is 28.0. The fourth-order valence-corrected chi connectivity index (χ4v) is 7.01. The molecule has 0 bridgehead atoms. The van der Waals surface area contributed by atoms with Gasteiger partial charge in [0, 0.05) is 42.0 Å². The molecule has 1 aromatic heterocycles. The van der Waals surface area contributed by atoms with Gasteiger partial charge in [-0.25, -0.2) is 0 Å². The van der Waals surface area contributed by atoms with E-state index in [4.69, 9.17) is 27.4 Å². The number of nitrogens with two attached hydrogens (primary N) is 1. The number of aliphatic carboxylic acids is 1. The molecular weight excluding hydrogens is 730 g/mol. The molecule has 4 aromatic rings. The second-order valence-corrected chi connectivity index (χ2v) is 13.2. The standard InChI is InChI=1S/C39H41ClN4O4.3ClH/c40-31-14-15-32-30(23-31)13-12-28-7-4-18-42-37(28)36(32)27-16-19-44(20-17-27)24-35(45)34(22-25-5-2-1-3-6-25)43-38(46)29-10-8-26(9-11-29)21-33(41)39(47)48;;;/h1-11,14-15,18,23,33-35,45H,12-13,16-17,19-22,24,41H2,(H,43,46)(H,47,48);3*1H/t33-,34-,35+;;;/m0.../s1. The average Bonchev–Trinajstić information content (AvgIpc) is 3.25. The van der Waals surface area contributed by atoms with Gasteiger partial charge >= 0.3 is 5.97 Å². The molecule has 6 rings (SSSR count). The van der Waals surface area contributed by atoms with Gasteiger partial charge in [0.05, 0.1) is 17.8 Å². The highest BCUT2D eigenvalue weighted by molar-refractivity contribution is 6.30. The van der Waals surface area contributed by atoms with Gasteiger partial charge < -0.3 is 26.2 Å². The number of β-amino-alcohol motifs (C(OH)–C–C–N with tert-alkyl or cyclic N) is 1. The fourth-order valence-electron chi connectivity index (χ4n) is 6.82. The van der Waals surface area contributed by atoms with Crippen LogP contribution in [0.1, 0.15) is 56.7 Å². The largest absolute Gasteiger partial charge is 0.480 e. The topological polar surface area (TPSA) is 129 Å². The Morgan fingerprint density at radius 3 is 2.20 bits per heavy atom. The summed E-state index contributed by atoms with van der Waals surface area (Å²) in [6.07, 6.45) is 5.26. The summed E-state index contributed by atoms with van der Waals surface area (Å²) in [6, 6.07) is 25.4. The number of carbonyl (C=O) groups excluding carboxylic acids is 1. The maximum absolute atomic E-state index is 13.4. The number of amides is 1. The molecule has 3 aromatic carbocycles. The van der Waals surface area contributed by atoms with E-state index in [2.05, 4.69) is 28.4 Å². The van der Waals surface area contributed by atoms with Crippen molar-refractivity contribution in [2.24, 2.45) is 5.73 Å². The van der Waals surface area contributed by atoms with Crippen molar-refractivity contribution >= 4 is 66.3 Å². The van der Waals surface area contributed by atoms with Crippen molar-refractivity contribution in [2.75, 3.05) is 19.6 Å². The smallest absolute Gasteiger partial charge is 0.320 e. The van der Waals surface area contributed by atoms with E-state index in [0.717, 1.165) is 60.6 Å². The summed E-state index contributed by atoms with van der Waals surface area (Å²) in [5.41, 5.74) is 15.2. The summed E-state index contributed by atoms with van der Waals surface area (Å²) in [5.74, 6) is -1.37. The van der Waals surface area contributed by atoms with Crippen molar-refractivity contribution in [1.29, 1.82) is 0 Å². The third-order valence-corrected chi connectivity index (χ3v) is 9.69. The lowest BCUT2D eigenvalue weighted by Crippen LogP contribution is -2.50. The van der Waals surface area contributed by atoms with Crippen LogP contribution in [0.15, 0.2) is 96.7 Å². The number of aliphatic hydroxyl groups excluding tert-OH is 1. The maximum Gasteiger partial charge on any atom is 0.320 e. The molecule has 1 aliphatic carbocycles. The number of hydrogen-bond donors (Lipinski definition) is 4. The van der Waals surface area contributed by atoms with Crippen LogP contribution < -0.4 is 11.1 Å². The number of piperidine rings is 1. The molecule has 2 heterocycles. The minimum absolute atomic E-state index is 0. The number of carboxylic acids is 1. The van der Waals surface area contributed by atoms with Crippen molar-refractivity contribution in [3.63, 3.8) is 0 Å². The van der Waals surface area contributed by atoms with Crippen LogP contribution in [0.2, 0.25) is 5.02 Å². The quantitative estimate of drug-likeness (QED) is 0.148. The summed E-state index contributed by atoms with van der Waals surface area (Å²) in [7, 11) is 0. The molecule has 8 nitrogen and oxygen atoms in total. The van der Waals surface area contributed by atoms with Crippen LogP contribution in [0.5, 0.6) is 0 Å². The Morgan fingerprint density at radius 1 is 0.843 bits per heavy atom. The Kier molecular flexibility index (Phi) is 15.9. The first kappa shape index (κ1) is 41.9. The highest BCUT2D eigenvalue weighted by atomic mass is 35.5. The number of hydrogen-bond acceptors (Lipinski definition) is 6. The van der Waals surface area contributed by atoms with Gasteiger partial charge in [-0.3, -0.25) is 14.6 Å². The summed E-state index contributed by atoms with van der Waals surface area (Å²) >= 11 is 6.41. The molecule has 1 amide bonds. The summed E-state index contributed by atoms with van der Waals surface area (Å²) in [4.78, 5) is 31.6. The van der Waals surface area contributed by atoms with Crippen molar-refractivity contribution in [2.45, 2.75) is 56.7 Å². The predicted molar refractivity (Wildman–Crippen MR) is 210 cm³/mol. The van der Waals surface area contributed by atoms with E-state index in [-0.39, 0.29) is 49.5 Å². The number of aromatic nitrogens is 1. The molecule has 3 atom stereocenters. The Labute approximate surface area is 322 Å². The minimum atomic E-state index is -1.07. The molecule has 272 valence electrons. The molecule has 0 radical (unpaired) electrons. The van der Waals surface area contributed by atoms with Crippen LogP contribution in [0.3, 0.4) is 0 Å². The molecule has 12 heteroatoms. The van der Waals surface area contributed by atoms with Crippen molar-refractivity contribution in [3.8, 4) is 0 Å². The van der Waals surface area contributed by atoms with Crippen molar-refractivity contribution in [1.82, 2.24) is 15.2 Å². The Balaban J connectivity index is 0.00000234. The molecule has 0 unspecified atom stereocenters. The van der Waals surface area contributed by atoms with Gasteiger partial charge in [0.2, 0.25) is 0 Å². The van der Waals surface area contributed by atoms with Crippen LogP contribution in [-0.4, -0.2) is 69.8 Å². The number of nitrogens with zero attached hydrogens (tertiary/aromatic N) is 2. The van der Waals surface area contributed by atoms with Crippen molar-refractivity contribution in [3.05, 3.63) is 141 Å². The Bertz CT molecular complexity index is 1800. The van der Waals surface area contributed by atoms with Crippen LogP contribution >= 0.6 is 48.8 Å². The number of fused-ring (bicyclic) bond motifs is 2. The molecule has 1 fully saturated rings. The zero-order chi connectivity index (χ0) is 33.6. The third kappa shape index (κ3) is 10.5. The Morgan fingerprint density at radius 2 is 1.51 bits per heavy atom. The van der Waals surface area contributed by atoms with Gasteiger partial charge in [-0.2, -0.15) is 0 Å². The normalized spacial score (nSPS) is 15.7. The van der Waals surface area contributed by atoms with E-state index in [9.17, 15) is 14.7 Å². The number of rotatable bonds is 10. The Hall–Kier alpha value is -3.47. The summed E-state index contributed by atoms with van der Waals surface area (Å²) in [5, 5.41) is 24.5. The van der Waals surface area contributed by atoms with E-state index in [0.29, 0.717) is 18.5 Å². The number of nitrogens with one attached hydrogen (secondary N) is 1. The highest BCUT2D eigenvalue weighted by Crippen LogP contribution is 2.38. The van der Waals surface area contributed by atoms with Crippen LogP contribution in [0, 0.1) is 0 Å². The predicted octanol–water partition coefficient (Wildman–Crippen LogP) is 6.35. The molecule has 51 heavy (non-hydrogen) atoms. The zero-order valence-corrected chi connectivity index (χ0v) is 31.2. The first-order chi connectivity index (χ1) is 23.2. The second-order valence-electron chi connectivity index (χ2n) is 12.8. The van der Waals surface area contributed by atoms with Crippen LogP contribution in [-0.2, 0) is 30.5 Å². The second kappa shape index (κ2) is 19.4. The SMILES string of the molecule is Cl.Cl.Cl.N[C@@H](Cc1ccc(C(=O)N[C@@H](Cc2ccccc2)[C@H](O)CN2CCC(=C3c4ccc(Cl)cc4CCc4cccnc43)CC2)cc1)C(=O)O. The number of pyridine rings is 1. The van der Waals surface area contributed by atoms with Gasteiger partial charge in [0.1, 0.15) is 6.04 Å². The van der Waals surface area contributed by atoms with Crippen LogP contribution in [0.25, 0.3) is 5.57 Å². The van der Waals surface area contributed by atoms with Gasteiger partial charge in [-0.15, -0.1) is 37.2 Å². The lowest BCUT2D eigenvalue weighted by molar-refractivity contribution is -0.138. The van der Waals surface area contributed by atoms with Gasteiger partial charge in [0.15, 0.2) is 0 Å². The molecule has 0 saturated carbocycles. The lowest BCUT2D eigenvalue weighted by atomic mass is 9.88. The number of carboxylic acid groups (broad SMARTS) is 1. The first-order valence-corrected chi connectivity index (χ1v) is 16.9. The van der Waals surface area contributed by atoms with Gasteiger partial charge in [0.25, 0.3) is 5.91 Å². The van der Waals surface area contributed by atoms with Gasteiger partial charge in [-0.05, 0) is 96.7 Å². The molecule has 0 spiro atoms. The van der Waals surface area contributed by atoms with Crippen LogP contribution in [0.4, 0.5) is 0 Å². The van der Waals surface area contributed by atoms with E-state index >= 15 is 0 Å². The molecule has 5 N–H and O–H groups in total. The minimum Gasteiger partial charge on any atom is -0.480 e. The monoisotopic (exact) mass is 772 g/mol. The highest BCUT2D eigenvalue weighted by Gasteiger charge is 2.29. The molecule has 1 aliphatic heterocycles. The number of benzene rings is 3. The third-order valence-electron chi connectivity index (χ3n) is 9.46. The molecule has 1 saturated heterocycles. The van der Waals surface area contributed by atoms with Crippen molar-refractivity contribution < 1.29 is 19.8 Å². The first-order valence-electron chi connectivity index (χ1n) is 16.5. The number of aliphatic hydroxyl groups is 1. The van der Waals surface area contributed by atoms with E-state index in [1.54, 1.807) is 24.3 Å². The van der Waals surface area contributed by atoms with E-state index < -0.39 is 24.2 Å². The molecule has 2 aliphatic rings.